The lowest BCUT2D eigenvalue weighted by molar-refractivity contribution is -0.133. The average molecular weight is 498 g/mol. The number of carbonyl (C=O) groups excluding carboxylic acids is 3. The van der Waals surface area contributed by atoms with Gasteiger partial charge in [-0.1, -0.05) is 6.92 Å². The maximum Gasteiger partial charge on any atom is 0.257 e. The molecule has 194 valence electrons. The normalized spacial score (nSPS) is 20.9. The molecule has 0 saturated heterocycles. The third-order valence-corrected chi connectivity index (χ3v) is 6.46. The highest BCUT2D eigenvalue weighted by molar-refractivity contribution is 6.05. The van der Waals surface area contributed by atoms with Crippen molar-refractivity contribution in [1.82, 2.24) is 9.80 Å². The van der Waals surface area contributed by atoms with Crippen LogP contribution in [0.15, 0.2) is 42.5 Å². The van der Waals surface area contributed by atoms with Crippen LogP contribution in [0.3, 0.4) is 0 Å². The highest BCUT2D eigenvalue weighted by atomic mass is 16.5. The van der Waals surface area contributed by atoms with Crippen molar-refractivity contribution < 1.29 is 28.6 Å². The van der Waals surface area contributed by atoms with Gasteiger partial charge in [0.25, 0.3) is 11.8 Å². The molecule has 1 heterocycles. The summed E-state index contributed by atoms with van der Waals surface area (Å²) in [5, 5.41) is 2.84. The van der Waals surface area contributed by atoms with Gasteiger partial charge in [-0.05, 0) is 49.4 Å². The van der Waals surface area contributed by atoms with E-state index in [9.17, 15) is 14.4 Å². The van der Waals surface area contributed by atoms with Gasteiger partial charge in [-0.2, -0.15) is 0 Å². The number of carbonyl (C=O) groups is 3. The lowest BCUT2D eigenvalue weighted by atomic mass is 10.0. The molecule has 0 bridgehead atoms. The number of amides is 3. The quantitative estimate of drug-likeness (QED) is 0.696. The van der Waals surface area contributed by atoms with E-state index in [1.54, 1.807) is 73.5 Å². The smallest absolute Gasteiger partial charge is 0.257 e. The molecule has 0 spiro atoms. The summed E-state index contributed by atoms with van der Waals surface area (Å²) in [6, 6.07) is 11.5. The largest absolute Gasteiger partial charge is 0.497 e. The maximum absolute atomic E-state index is 13.5. The lowest BCUT2D eigenvalue weighted by Crippen LogP contribution is -2.48. The number of rotatable bonds is 4. The van der Waals surface area contributed by atoms with Crippen molar-refractivity contribution in [3.8, 4) is 11.5 Å². The van der Waals surface area contributed by atoms with Gasteiger partial charge >= 0.3 is 0 Å². The Bertz CT molecular complexity index is 1090. The Kier molecular flexibility index (Phi) is 8.93. The fourth-order valence-electron chi connectivity index (χ4n) is 4.24. The Morgan fingerprint density at radius 2 is 1.75 bits per heavy atom. The number of ether oxygens (including phenoxy) is 3. The monoisotopic (exact) mass is 497 g/mol. The Morgan fingerprint density at radius 1 is 1.06 bits per heavy atom. The van der Waals surface area contributed by atoms with Crippen LogP contribution in [0.2, 0.25) is 0 Å². The van der Waals surface area contributed by atoms with Crippen molar-refractivity contribution in [1.29, 1.82) is 0 Å². The minimum atomic E-state index is -0.313. The van der Waals surface area contributed by atoms with E-state index >= 15 is 0 Å². The molecule has 9 heteroatoms. The van der Waals surface area contributed by atoms with Crippen LogP contribution in [-0.2, 0) is 9.53 Å². The van der Waals surface area contributed by atoms with E-state index < -0.39 is 0 Å². The van der Waals surface area contributed by atoms with Gasteiger partial charge in [-0.3, -0.25) is 14.4 Å². The zero-order valence-corrected chi connectivity index (χ0v) is 21.7. The van der Waals surface area contributed by atoms with Crippen LogP contribution in [0.5, 0.6) is 11.5 Å². The molecular formula is C27H35N3O6. The van der Waals surface area contributed by atoms with E-state index in [1.807, 2.05) is 13.8 Å². The fraction of sp³-hybridized carbons (Fsp3) is 0.444. The van der Waals surface area contributed by atoms with Crippen molar-refractivity contribution in [2.45, 2.75) is 32.9 Å². The van der Waals surface area contributed by atoms with Crippen molar-refractivity contribution in [2.24, 2.45) is 5.92 Å². The number of likely N-dealkylation sites (N-methyl/N-ethyl adjacent to an activating group) is 1. The van der Waals surface area contributed by atoms with E-state index in [2.05, 4.69) is 5.32 Å². The number of hydrogen-bond acceptors (Lipinski definition) is 6. The van der Waals surface area contributed by atoms with Crippen LogP contribution in [0.4, 0.5) is 5.69 Å². The van der Waals surface area contributed by atoms with Crippen LogP contribution in [-0.4, -0.2) is 80.6 Å². The summed E-state index contributed by atoms with van der Waals surface area (Å²) >= 11 is 0. The topological polar surface area (TPSA) is 97.4 Å². The Labute approximate surface area is 212 Å². The van der Waals surface area contributed by atoms with Crippen molar-refractivity contribution in [3.05, 3.63) is 53.6 Å². The molecule has 0 fully saturated rings. The number of anilines is 1. The van der Waals surface area contributed by atoms with Crippen molar-refractivity contribution in [2.75, 3.05) is 46.3 Å². The third-order valence-electron chi connectivity index (χ3n) is 6.46. The first-order valence-electron chi connectivity index (χ1n) is 11.9. The fourth-order valence-corrected chi connectivity index (χ4v) is 4.24. The van der Waals surface area contributed by atoms with Gasteiger partial charge in [0.05, 0.1) is 24.8 Å². The van der Waals surface area contributed by atoms with Crippen LogP contribution in [0.1, 0.15) is 41.5 Å². The first-order chi connectivity index (χ1) is 17.1. The van der Waals surface area contributed by atoms with E-state index in [-0.39, 0.29) is 42.4 Å². The van der Waals surface area contributed by atoms with Gasteiger partial charge in [0, 0.05) is 51.3 Å². The number of fused-ring (bicyclic) bond motifs is 1. The highest BCUT2D eigenvalue weighted by Gasteiger charge is 2.29. The highest BCUT2D eigenvalue weighted by Crippen LogP contribution is 2.27. The summed E-state index contributed by atoms with van der Waals surface area (Å²) in [6.07, 6.45) is -0.269. The second-order valence-electron chi connectivity index (χ2n) is 9.16. The summed E-state index contributed by atoms with van der Waals surface area (Å²) in [4.78, 5) is 41.9. The van der Waals surface area contributed by atoms with Crippen LogP contribution in [0.25, 0.3) is 0 Å². The molecule has 36 heavy (non-hydrogen) atoms. The van der Waals surface area contributed by atoms with Crippen LogP contribution < -0.4 is 14.8 Å². The molecule has 0 radical (unpaired) electrons. The molecule has 0 saturated carbocycles. The van der Waals surface area contributed by atoms with E-state index in [4.69, 9.17) is 14.2 Å². The van der Waals surface area contributed by atoms with Gasteiger partial charge in [-0.25, -0.2) is 0 Å². The maximum atomic E-state index is 13.5. The molecular weight excluding hydrogens is 462 g/mol. The second kappa shape index (κ2) is 11.9. The van der Waals surface area contributed by atoms with Gasteiger partial charge in [0.15, 0.2) is 0 Å². The van der Waals surface area contributed by atoms with Gasteiger partial charge < -0.3 is 29.3 Å². The first-order valence-corrected chi connectivity index (χ1v) is 11.9. The summed E-state index contributed by atoms with van der Waals surface area (Å²) in [7, 11) is 4.87. The van der Waals surface area contributed by atoms with Crippen molar-refractivity contribution >= 4 is 23.4 Å². The predicted octanol–water partition coefficient (Wildman–Crippen LogP) is 3.30. The third kappa shape index (κ3) is 6.34. The Balaban J connectivity index is 1.92. The first kappa shape index (κ1) is 27.0. The Hall–Kier alpha value is -3.59. The molecule has 2 aromatic rings. The zero-order valence-electron chi connectivity index (χ0n) is 21.7. The molecule has 1 N–H and O–H groups in total. The minimum absolute atomic E-state index is 0.00869. The molecule has 1 aliphatic rings. The number of nitrogens with one attached hydrogen (secondary N) is 1. The molecule has 3 atom stereocenters. The molecule has 3 rings (SSSR count). The van der Waals surface area contributed by atoms with Crippen LogP contribution in [0, 0.1) is 5.92 Å². The number of benzene rings is 2. The second-order valence-corrected chi connectivity index (χ2v) is 9.16. The molecule has 0 unspecified atom stereocenters. The Morgan fingerprint density at radius 3 is 2.36 bits per heavy atom. The molecule has 2 aromatic carbocycles. The van der Waals surface area contributed by atoms with E-state index in [0.717, 1.165) is 0 Å². The van der Waals surface area contributed by atoms with E-state index in [0.29, 0.717) is 41.4 Å². The predicted molar refractivity (Wildman–Crippen MR) is 137 cm³/mol. The van der Waals surface area contributed by atoms with E-state index in [1.165, 1.54) is 6.92 Å². The SMILES string of the molecule is COc1ccc(C(=O)Nc2ccc3c(c2)C(=O)N(C)C[C@H](OC)[C@H](C)CN(C(C)=O)[C@H](C)CO3)cc1. The molecule has 3 amide bonds. The van der Waals surface area contributed by atoms with Gasteiger partial charge in [-0.15, -0.1) is 0 Å². The van der Waals surface area contributed by atoms with Crippen molar-refractivity contribution in [3.63, 3.8) is 0 Å². The number of methoxy groups -OCH3 is 2. The summed E-state index contributed by atoms with van der Waals surface area (Å²) in [5.74, 6) is 0.408. The summed E-state index contributed by atoms with van der Waals surface area (Å²) in [6.45, 7) is 6.49. The van der Waals surface area contributed by atoms with Gasteiger partial charge in [0.1, 0.15) is 18.1 Å². The summed E-state index contributed by atoms with van der Waals surface area (Å²) < 4.78 is 16.9. The number of hydrogen-bond donors (Lipinski definition) is 1. The minimum Gasteiger partial charge on any atom is -0.497 e. The van der Waals surface area contributed by atoms with Crippen LogP contribution >= 0.6 is 0 Å². The lowest BCUT2D eigenvalue weighted by Gasteiger charge is -2.35. The average Bonchev–Trinajstić information content (AvgIpc) is 2.87. The molecule has 9 nitrogen and oxygen atoms in total. The van der Waals surface area contributed by atoms with Gasteiger partial charge in [0.2, 0.25) is 5.91 Å². The molecule has 0 aliphatic carbocycles. The zero-order chi connectivity index (χ0) is 26.4. The number of nitrogens with zero attached hydrogens (tertiary/aromatic N) is 2. The summed E-state index contributed by atoms with van der Waals surface area (Å²) in [5.41, 5.74) is 1.23. The molecule has 1 aliphatic heterocycles. The standard InChI is InChI=1S/C27H35N3O6/c1-17-14-30(19(3)31)18(2)16-36-24-12-9-21(13-23(24)27(33)29(4)15-25(17)35-6)28-26(32)20-7-10-22(34-5)11-8-20/h7-13,17-18,25H,14-16H2,1-6H3,(H,28,32)/t17-,18-,25+/m1/s1. The molecule has 0 aromatic heterocycles.